The molecule has 7 heteroatoms. The lowest BCUT2D eigenvalue weighted by Crippen LogP contribution is -2.40. The van der Waals surface area contributed by atoms with Gasteiger partial charge in [0.15, 0.2) is 0 Å². The first kappa shape index (κ1) is 21.5. The molecule has 0 aromatic heterocycles. The van der Waals surface area contributed by atoms with E-state index in [1.165, 1.54) is 27.6 Å². The standard InChI is InChI=1S/C22H27FN2O3S/c1-4-25(5-2)29(27,28)21-15-18(11-13-20(21)23)22(26)24(3)19-12-10-16-8-6-7-9-17(16)14-19/h6-9,11,13,15,19H,4-5,10,12,14H2,1-3H3. The molecule has 0 heterocycles. The summed E-state index contributed by atoms with van der Waals surface area (Å²) < 4.78 is 41.1. The van der Waals surface area contributed by atoms with E-state index >= 15 is 0 Å². The Hall–Kier alpha value is -2.25. The van der Waals surface area contributed by atoms with Crippen molar-refractivity contribution in [2.24, 2.45) is 0 Å². The third kappa shape index (κ3) is 4.21. The third-order valence-corrected chi connectivity index (χ3v) is 7.76. The summed E-state index contributed by atoms with van der Waals surface area (Å²) in [6.07, 6.45) is 2.48. The van der Waals surface area contributed by atoms with Crippen LogP contribution in [0, 0.1) is 5.82 Å². The van der Waals surface area contributed by atoms with Crippen LogP contribution in [-0.4, -0.2) is 49.7 Å². The Morgan fingerprint density at radius 2 is 1.76 bits per heavy atom. The van der Waals surface area contributed by atoms with E-state index in [4.69, 9.17) is 0 Å². The molecule has 0 bridgehead atoms. The molecule has 156 valence electrons. The Morgan fingerprint density at radius 1 is 1.10 bits per heavy atom. The molecule has 3 rings (SSSR count). The van der Waals surface area contributed by atoms with Crippen LogP contribution in [0.25, 0.3) is 0 Å². The summed E-state index contributed by atoms with van der Waals surface area (Å²) in [5, 5.41) is 0. The number of aryl methyl sites for hydroxylation is 1. The first-order valence-electron chi connectivity index (χ1n) is 9.93. The molecule has 29 heavy (non-hydrogen) atoms. The van der Waals surface area contributed by atoms with Gasteiger partial charge in [0.1, 0.15) is 10.7 Å². The number of halogens is 1. The minimum atomic E-state index is -3.99. The largest absolute Gasteiger partial charge is 0.338 e. The lowest BCUT2D eigenvalue weighted by atomic mass is 9.87. The molecule has 1 aliphatic carbocycles. The molecule has 0 saturated carbocycles. The van der Waals surface area contributed by atoms with Crippen LogP contribution in [0.5, 0.6) is 0 Å². The van der Waals surface area contributed by atoms with Crippen LogP contribution >= 0.6 is 0 Å². The van der Waals surface area contributed by atoms with E-state index in [9.17, 15) is 17.6 Å². The first-order valence-corrected chi connectivity index (χ1v) is 11.4. The molecule has 0 aliphatic heterocycles. The zero-order chi connectivity index (χ0) is 21.2. The van der Waals surface area contributed by atoms with Gasteiger partial charge in [0.25, 0.3) is 5.91 Å². The maximum Gasteiger partial charge on any atom is 0.253 e. The van der Waals surface area contributed by atoms with E-state index in [-0.39, 0.29) is 30.6 Å². The molecule has 0 N–H and O–H groups in total. The number of hydrogen-bond acceptors (Lipinski definition) is 3. The van der Waals surface area contributed by atoms with Crippen LogP contribution in [0.3, 0.4) is 0 Å². The smallest absolute Gasteiger partial charge is 0.253 e. The van der Waals surface area contributed by atoms with E-state index in [0.717, 1.165) is 25.3 Å². The number of fused-ring (bicyclic) bond motifs is 1. The van der Waals surface area contributed by atoms with Gasteiger partial charge in [-0.15, -0.1) is 0 Å². The molecular weight excluding hydrogens is 391 g/mol. The van der Waals surface area contributed by atoms with E-state index < -0.39 is 20.7 Å². The zero-order valence-electron chi connectivity index (χ0n) is 17.1. The quantitative estimate of drug-likeness (QED) is 0.722. The number of sulfonamides is 1. The van der Waals surface area contributed by atoms with Crippen molar-refractivity contribution in [1.82, 2.24) is 9.21 Å². The highest BCUT2D eigenvalue weighted by Crippen LogP contribution is 2.26. The van der Waals surface area contributed by atoms with Crippen molar-refractivity contribution >= 4 is 15.9 Å². The molecule has 1 amide bonds. The van der Waals surface area contributed by atoms with Crippen LogP contribution in [0.1, 0.15) is 41.8 Å². The number of hydrogen-bond donors (Lipinski definition) is 0. The Bertz CT molecular complexity index is 1000. The summed E-state index contributed by atoms with van der Waals surface area (Å²) >= 11 is 0. The average Bonchev–Trinajstić information content (AvgIpc) is 2.73. The van der Waals surface area contributed by atoms with Gasteiger partial charge in [-0.1, -0.05) is 38.1 Å². The highest BCUT2D eigenvalue weighted by Gasteiger charge is 2.29. The molecule has 0 fully saturated rings. The summed E-state index contributed by atoms with van der Waals surface area (Å²) in [7, 11) is -2.27. The number of amides is 1. The molecule has 1 unspecified atom stereocenters. The van der Waals surface area contributed by atoms with Gasteiger partial charge in [0.2, 0.25) is 10.0 Å². The van der Waals surface area contributed by atoms with Gasteiger partial charge in [-0.05, 0) is 48.6 Å². The molecule has 0 saturated heterocycles. The van der Waals surface area contributed by atoms with Gasteiger partial charge in [0, 0.05) is 31.7 Å². The van der Waals surface area contributed by atoms with Gasteiger partial charge >= 0.3 is 0 Å². The normalized spacial score (nSPS) is 16.5. The summed E-state index contributed by atoms with van der Waals surface area (Å²) in [6.45, 7) is 3.86. The molecule has 2 aromatic carbocycles. The SMILES string of the molecule is CCN(CC)S(=O)(=O)c1cc(C(=O)N(C)C2CCc3ccccc3C2)ccc1F. The van der Waals surface area contributed by atoms with Gasteiger partial charge in [0.05, 0.1) is 0 Å². The number of rotatable bonds is 6. The van der Waals surface area contributed by atoms with Crippen LogP contribution in [0.2, 0.25) is 0 Å². The fourth-order valence-electron chi connectivity index (χ4n) is 3.92. The fourth-order valence-corrected chi connectivity index (χ4v) is 5.46. The summed E-state index contributed by atoms with van der Waals surface area (Å²) in [6, 6.07) is 11.8. The van der Waals surface area contributed by atoms with Gasteiger partial charge in [-0.25, -0.2) is 12.8 Å². The van der Waals surface area contributed by atoms with Crippen LogP contribution < -0.4 is 0 Å². The first-order chi connectivity index (χ1) is 13.8. The van der Waals surface area contributed by atoms with Crippen molar-refractivity contribution in [3.8, 4) is 0 Å². The highest BCUT2D eigenvalue weighted by atomic mass is 32.2. The Kier molecular flexibility index (Phi) is 6.39. The molecule has 2 aromatic rings. The Balaban J connectivity index is 1.87. The van der Waals surface area contributed by atoms with Crippen LogP contribution in [-0.2, 0) is 22.9 Å². The van der Waals surface area contributed by atoms with Crippen LogP contribution in [0.15, 0.2) is 47.4 Å². The second-order valence-corrected chi connectivity index (χ2v) is 9.22. The predicted octanol–water partition coefficient (Wildman–Crippen LogP) is 3.49. The molecule has 1 aliphatic rings. The van der Waals surface area contributed by atoms with Crippen LogP contribution in [0.4, 0.5) is 4.39 Å². The molecule has 1 atom stereocenters. The van der Waals surface area contributed by atoms with Gasteiger partial charge in [-0.3, -0.25) is 4.79 Å². The number of likely N-dealkylation sites (N-methyl/N-ethyl adjacent to an activating group) is 1. The lowest BCUT2D eigenvalue weighted by molar-refractivity contribution is 0.0718. The maximum atomic E-state index is 14.4. The zero-order valence-corrected chi connectivity index (χ0v) is 17.9. The highest BCUT2D eigenvalue weighted by molar-refractivity contribution is 7.89. The Labute approximate surface area is 172 Å². The van der Waals surface area contributed by atoms with Crippen molar-refractivity contribution < 1.29 is 17.6 Å². The van der Waals surface area contributed by atoms with Crippen molar-refractivity contribution in [2.75, 3.05) is 20.1 Å². The average molecular weight is 419 g/mol. The van der Waals surface area contributed by atoms with Crippen molar-refractivity contribution in [3.05, 3.63) is 65.0 Å². The van der Waals surface area contributed by atoms with Crippen molar-refractivity contribution in [1.29, 1.82) is 0 Å². The van der Waals surface area contributed by atoms with E-state index in [1.807, 2.05) is 12.1 Å². The monoisotopic (exact) mass is 418 g/mol. The summed E-state index contributed by atoms with van der Waals surface area (Å²) in [5.74, 6) is -1.15. The molecular formula is C22H27FN2O3S. The molecule has 0 radical (unpaired) electrons. The number of nitrogens with zero attached hydrogens (tertiary/aromatic N) is 2. The number of carbonyl (C=O) groups is 1. The number of carbonyl (C=O) groups excluding carboxylic acids is 1. The van der Waals surface area contributed by atoms with Crippen molar-refractivity contribution in [2.45, 2.75) is 44.0 Å². The van der Waals surface area contributed by atoms with Gasteiger partial charge < -0.3 is 4.90 Å². The second-order valence-electron chi connectivity index (χ2n) is 7.32. The second kappa shape index (κ2) is 8.63. The van der Waals surface area contributed by atoms with Crippen molar-refractivity contribution in [3.63, 3.8) is 0 Å². The van der Waals surface area contributed by atoms with Gasteiger partial charge in [-0.2, -0.15) is 4.31 Å². The van der Waals surface area contributed by atoms with E-state index in [1.54, 1.807) is 25.8 Å². The summed E-state index contributed by atoms with van der Waals surface area (Å²) in [4.78, 5) is 14.3. The minimum Gasteiger partial charge on any atom is -0.338 e. The maximum absolute atomic E-state index is 14.4. The minimum absolute atomic E-state index is 0.0188. The predicted molar refractivity (Wildman–Crippen MR) is 111 cm³/mol. The number of benzene rings is 2. The Morgan fingerprint density at radius 3 is 2.41 bits per heavy atom. The lowest BCUT2D eigenvalue weighted by Gasteiger charge is -2.32. The summed E-state index contributed by atoms with van der Waals surface area (Å²) in [5.41, 5.74) is 2.71. The molecule has 0 spiro atoms. The third-order valence-electron chi connectivity index (χ3n) is 5.69. The van der Waals surface area contributed by atoms with E-state index in [2.05, 4.69) is 12.1 Å². The topological polar surface area (TPSA) is 57.7 Å². The fraction of sp³-hybridized carbons (Fsp3) is 0.409. The van der Waals surface area contributed by atoms with E-state index in [0.29, 0.717) is 0 Å². The molecule has 5 nitrogen and oxygen atoms in total.